The Morgan fingerprint density at radius 1 is 0.889 bits per heavy atom. The van der Waals surface area contributed by atoms with Crippen molar-refractivity contribution in [1.29, 1.82) is 0 Å². The molecule has 0 aliphatic heterocycles. The second kappa shape index (κ2) is 25.8. The fourth-order valence-corrected chi connectivity index (χ4v) is 8.99. The monoisotopic (exact) mass is 750 g/mol. The van der Waals surface area contributed by atoms with E-state index >= 15 is 0 Å². The SMILES string of the molecule is C=C.C=C(C)CCC(NC(=C)CNC(C(=C)CC(C(=C)C)[C@@H]1[C@H](CC)C1(C)C)C1CCCCC1)C(C)(C)C.C=C(N)C(=O)C(CC)CC1CCC1.CCC. The third kappa shape index (κ3) is 17.6. The number of carbonyl (C=O) groups excluding carboxylic acids is 1. The van der Waals surface area contributed by atoms with Crippen LogP contribution in [0.15, 0.2) is 74.2 Å². The topological polar surface area (TPSA) is 67.2 Å². The van der Waals surface area contributed by atoms with E-state index in [-0.39, 0.29) is 22.8 Å². The van der Waals surface area contributed by atoms with Gasteiger partial charge in [0, 0.05) is 30.2 Å². The van der Waals surface area contributed by atoms with E-state index in [9.17, 15) is 4.79 Å². The van der Waals surface area contributed by atoms with Gasteiger partial charge in [-0.3, -0.25) is 4.79 Å². The summed E-state index contributed by atoms with van der Waals surface area (Å²) < 4.78 is 0. The van der Waals surface area contributed by atoms with Crippen molar-refractivity contribution in [3.63, 3.8) is 0 Å². The van der Waals surface area contributed by atoms with Crippen molar-refractivity contribution in [2.45, 2.75) is 185 Å². The van der Waals surface area contributed by atoms with Crippen molar-refractivity contribution in [1.82, 2.24) is 10.6 Å². The molecule has 4 nitrogen and oxygen atoms in total. The number of nitrogens with one attached hydrogen (secondary N) is 2. The van der Waals surface area contributed by atoms with E-state index in [1.165, 1.54) is 80.9 Å². The molecule has 0 spiro atoms. The zero-order valence-electron chi connectivity index (χ0n) is 37.9. The van der Waals surface area contributed by atoms with Crippen molar-refractivity contribution < 1.29 is 4.79 Å². The maximum atomic E-state index is 11.5. The highest BCUT2D eigenvalue weighted by molar-refractivity contribution is 5.95. The fourth-order valence-electron chi connectivity index (χ4n) is 8.99. The van der Waals surface area contributed by atoms with E-state index in [4.69, 9.17) is 12.3 Å². The summed E-state index contributed by atoms with van der Waals surface area (Å²) in [6.07, 6.45) is 18.2. The predicted molar refractivity (Wildman–Crippen MR) is 242 cm³/mol. The molecule has 3 aliphatic rings. The minimum atomic E-state index is 0.0643. The van der Waals surface area contributed by atoms with Gasteiger partial charge in [-0.15, -0.1) is 19.7 Å². The first kappa shape index (κ1) is 51.7. The lowest BCUT2D eigenvalue weighted by Gasteiger charge is -2.36. The van der Waals surface area contributed by atoms with E-state index < -0.39 is 0 Å². The van der Waals surface area contributed by atoms with Gasteiger partial charge in [0.1, 0.15) is 0 Å². The molecular weight excluding hydrogens is 659 g/mol. The molecule has 0 heterocycles. The molecule has 4 N–H and O–H groups in total. The molecule has 6 atom stereocenters. The molecule has 0 bridgehead atoms. The van der Waals surface area contributed by atoms with Gasteiger partial charge in [-0.1, -0.05) is 157 Å². The first-order valence-electron chi connectivity index (χ1n) is 21.9. The number of hydrogen-bond acceptors (Lipinski definition) is 4. The number of hydrogen-bond donors (Lipinski definition) is 3. The van der Waals surface area contributed by atoms with Crippen LogP contribution in [0.2, 0.25) is 0 Å². The molecule has 54 heavy (non-hydrogen) atoms. The third-order valence-electron chi connectivity index (χ3n) is 12.5. The van der Waals surface area contributed by atoms with Crippen LogP contribution < -0.4 is 16.4 Å². The molecule has 0 saturated heterocycles. The van der Waals surface area contributed by atoms with Crippen molar-refractivity contribution in [2.75, 3.05) is 6.54 Å². The highest BCUT2D eigenvalue weighted by Gasteiger charge is 2.59. The van der Waals surface area contributed by atoms with Crippen LogP contribution >= 0.6 is 0 Å². The Balaban J connectivity index is 0.00000129. The van der Waals surface area contributed by atoms with Crippen molar-refractivity contribution in [3.05, 3.63) is 74.2 Å². The summed E-state index contributed by atoms with van der Waals surface area (Å²) >= 11 is 0. The Bertz CT molecular complexity index is 1160. The Morgan fingerprint density at radius 3 is 1.83 bits per heavy atom. The third-order valence-corrected chi connectivity index (χ3v) is 12.5. The first-order valence-corrected chi connectivity index (χ1v) is 21.9. The second-order valence-electron chi connectivity index (χ2n) is 18.8. The summed E-state index contributed by atoms with van der Waals surface area (Å²) in [5, 5.41) is 7.73. The van der Waals surface area contributed by atoms with Gasteiger partial charge in [0.15, 0.2) is 5.78 Å². The quantitative estimate of drug-likeness (QED) is 0.0856. The second-order valence-corrected chi connectivity index (χ2v) is 18.8. The van der Waals surface area contributed by atoms with Crippen LogP contribution in [0.25, 0.3) is 0 Å². The molecule has 4 unspecified atom stereocenters. The van der Waals surface area contributed by atoms with E-state index in [1.54, 1.807) is 0 Å². The van der Waals surface area contributed by atoms with Crippen LogP contribution in [0.4, 0.5) is 0 Å². The van der Waals surface area contributed by atoms with Gasteiger partial charge < -0.3 is 16.4 Å². The number of Topliss-reactive ketones (excluding diaryl/α,β-unsaturated/α-hetero) is 1. The lowest BCUT2D eigenvalue weighted by atomic mass is 9.77. The zero-order chi connectivity index (χ0) is 41.8. The number of nitrogens with two attached hydrogens (primary N) is 1. The van der Waals surface area contributed by atoms with E-state index in [0.29, 0.717) is 29.3 Å². The lowest BCUT2D eigenvalue weighted by molar-refractivity contribution is -0.120. The van der Waals surface area contributed by atoms with Crippen molar-refractivity contribution in [3.8, 4) is 0 Å². The molecule has 4 heteroatoms. The minimum absolute atomic E-state index is 0.0643. The van der Waals surface area contributed by atoms with Crippen LogP contribution in [0.3, 0.4) is 0 Å². The zero-order valence-corrected chi connectivity index (χ0v) is 37.9. The van der Waals surface area contributed by atoms with Gasteiger partial charge in [0.2, 0.25) is 0 Å². The molecule has 3 fully saturated rings. The van der Waals surface area contributed by atoms with Crippen LogP contribution in [-0.4, -0.2) is 24.4 Å². The van der Waals surface area contributed by atoms with Gasteiger partial charge in [0.05, 0.1) is 5.70 Å². The number of ketones is 1. The number of carbonyl (C=O) groups is 1. The summed E-state index contributed by atoms with van der Waals surface area (Å²) in [5.41, 5.74) is 11.3. The summed E-state index contributed by atoms with van der Waals surface area (Å²) in [7, 11) is 0. The normalized spacial score (nSPS) is 21.3. The number of allylic oxidation sites excluding steroid dienone is 3. The lowest BCUT2D eigenvalue weighted by Crippen LogP contribution is -2.45. The van der Waals surface area contributed by atoms with E-state index in [2.05, 4.69) is 119 Å². The van der Waals surface area contributed by atoms with Gasteiger partial charge in [0.25, 0.3) is 0 Å². The Morgan fingerprint density at radius 2 is 1.44 bits per heavy atom. The molecular formula is C50H91N3O. The van der Waals surface area contributed by atoms with Gasteiger partial charge in [-0.05, 0) is 99.2 Å². The molecule has 0 aromatic rings. The Labute approximate surface area is 337 Å². The van der Waals surface area contributed by atoms with Crippen molar-refractivity contribution in [2.24, 2.45) is 52.1 Å². The summed E-state index contributed by atoms with van der Waals surface area (Å²) in [4.78, 5) is 11.5. The standard InChI is InChI=1S/C34H60N2.C11H19NO.C3H8.C2H4/c1-13-29-31(34(29,11)12)28(24(4)5)21-25(6)32(27-17-15-14-16-18-27)35-22-26(7)36-30(33(8,9)10)20-19-23(2)3;1-3-10(11(13)8(2)12)7-9-5-4-6-9;1-3-2;1-2/h27-32,35-36H,2,4,6-7,13-22H2,1,3,5,8-12H3;9-10H,2-7,12H2,1H3;3H2,1-2H3;1-2H2/t28?,29-,30?,31+,32?;;;/m0.../s1. The van der Waals surface area contributed by atoms with Crippen LogP contribution in [0, 0.1) is 46.3 Å². The highest BCUT2D eigenvalue weighted by Crippen LogP contribution is 2.65. The molecule has 0 aromatic heterocycles. The van der Waals surface area contributed by atoms with Crippen LogP contribution in [0.5, 0.6) is 0 Å². The van der Waals surface area contributed by atoms with Gasteiger partial charge >= 0.3 is 0 Å². The van der Waals surface area contributed by atoms with E-state index in [0.717, 1.165) is 62.1 Å². The smallest absolute Gasteiger partial charge is 0.180 e. The van der Waals surface area contributed by atoms with Gasteiger partial charge in [-0.25, -0.2) is 0 Å². The Kier molecular flexibility index (Phi) is 24.6. The molecule has 3 saturated carbocycles. The molecule has 0 amide bonds. The first-order chi connectivity index (χ1) is 25.3. The highest BCUT2D eigenvalue weighted by atomic mass is 16.1. The summed E-state index contributed by atoms with van der Waals surface area (Å²) in [5.74, 6) is 3.73. The average Bonchev–Trinajstić information content (AvgIpc) is 3.65. The average molecular weight is 750 g/mol. The van der Waals surface area contributed by atoms with Crippen molar-refractivity contribution >= 4 is 5.78 Å². The maximum Gasteiger partial charge on any atom is 0.180 e. The van der Waals surface area contributed by atoms with E-state index in [1.807, 2.05) is 6.92 Å². The molecule has 0 aromatic carbocycles. The predicted octanol–water partition coefficient (Wildman–Crippen LogP) is 13.7. The molecule has 0 radical (unpaired) electrons. The largest absolute Gasteiger partial charge is 0.396 e. The molecule has 3 rings (SSSR count). The molecule has 3 aliphatic carbocycles. The minimum Gasteiger partial charge on any atom is -0.396 e. The van der Waals surface area contributed by atoms with Crippen LogP contribution in [-0.2, 0) is 4.79 Å². The maximum absolute atomic E-state index is 11.5. The van der Waals surface area contributed by atoms with Crippen LogP contribution in [0.1, 0.15) is 172 Å². The number of rotatable bonds is 20. The molecule has 312 valence electrons. The fraction of sp³-hybridized carbons (Fsp3) is 0.740. The summed E-state index contributed by atoms with van der Waals surface area (Å²) in [6, 6.07) is 0.742. The summed E-state index contributed by atoms with van der Waals surface area (Å²) in [6.45, 7) is 52.9. The van der Waals surface area contributed by atoms with Gasteiger partial charge in [-0.2, -0.15) is 0 Å². The Hall–Kier alpha value is -2.33.